The molecule has 0 saturated carbocycles. The first kappa shape index (κ1) is 10.8. The molecule has 4 N–H and O–H groups in total. The number of hydrogen-bond donors (Lipinski definition) is 3. The second kappa shape index (κ2) is 4.30. The largest absolute Gasteiger partial charge is 0.506 e. The van der Waals surface area contributed by atoms with Crippen molar-refractivity contribution in [2.24, 2.45) is 5.73 Å². The number of nitrogens with two attached hydrogens (primary N) is 1. The lowest BCUT2D eigenvalue weighted by molar-refractivity contribution is 0.185. The van der Waals surface area contributed by atoms with Crippen LogP contribution in [0, 0.1) is 5.41 Å². The van der Waals surface area contributed by atoms with Gasteiger partial charge < -0.3 is 15.6 Å². The van der Waals surface area contributed by atoms with E-state index in [4.69, 9.17) is 27.5 Å². The molecule has 0 spiro atoms. The van der Waals surface area contributed by atoms with E-state index in [9.17, 15) is 5.11 Å². The molecule has 0 saturated heterocycles. The topological polar surface area (TPSA) is 79.3 Å². The molecule has 76 valence electrons. The maximum absolute atomic E-state index is 9.47. The van der Waals surface area contributed by atoms with E-state index < -0.39 is 0 Å². The molecule has 0 aliphatic carbocycles. The molecule has 4 nitrogen and oxygen atoms in total. The van der Waals surface area contributed by atoms with Gasteiger partial charge in [-0.1, -0.05) is 11.6 Å². The molecular weight excluding hydrogens is 204 g/mol. The van der Waals surface area contributed by atoms with Crippen molar-refractivity contribution in [3.05, 3.63) is 28.3 Å². The van der Waals surface area contributed by atoms with Crippen LogP contribution >= 0.6 is 11.6 Å². The maximum Gasteiger partial charge on any atom is 0.145 e. The molecule has 1 aromatic rings. The van der Waals surface area contributed by atoms with Crippen molar-refractivity contribution >= 4 is 17.4 Å². The fraction of sp³-hybridized carbons (Fsp3) is 0.222. The lowest BCUT2D eigenvalue weighted by atomic mass is 10.1. The molecule has 0 heterocycles. The predicted octanol–water partition coefficient (Wildman–Crippen LogP) is 1.48. The summed E-state index contributed by atoms with van der Waals surface area (Å²) in [5, 5.41) is 16.9. The molecule has 0 aliphatic rings. The highest BCUT2D eigenvalue weighted by Crippen LogP contribution is 2.28. The molecule has 0 aliphatic heterocycles. The second-order valence-electron chi connectivity index (χ2n) is 2.82. The van der Waals surface area contributed by atoms with Crippen LogP contribution in [0.15, 0.2) is 12.1 Å². The number of nitrogen functional groups attached to an aromatic ring is 1. The molecule has 0 radical (unpaired) electrons. The summed E-state index contributed by atoms with van der Waals surface area (Å²) in [4.78, 5) is 0. The third kappa shape index (κ3) is 2.16. The molecule has 0 fully saturated rings. The van der Waals surface area contributed by atoms with E-state index in [-0.39, 0.29) is 22.2 Å². The minimum absolute atomic E-state index is 0.168. The van der Waals surface area contributed by atoms with Gasteiger partial charge in [0.1, 0.15) is 11.6 Å². The van der Waals surface area contributed by atoms with Gasteiger partial charge in [0.05, 0.1) is 17.2 Å². The van der Waals surface area contributed by atoms with Crippen molar-refractivity contribution in [1.29, 1.82) is 5.41 Å². The smallest absolute Gasteiger partial charge is 0.145 e. The Balaban J connectivity index is 3.21. The van der Waals surface area contributed by atoms with E-state index in [0.717, 1.165) is 5.56 Å². The van der Waals surface area contributed by atoms with E-state index in [1.54, 1.807) is 19.2 Å². The summed E-state index contributed by atoms with van der Waals surface area (Å²) in [6.07, 6.45) is 0. The van der Waals surface area contributed by atoms with Gasteiger partial charge in [-0.2, -0.15) is 0 Å². The van der Waals surface area contributed by atoms with E-state index >= 15 is 0 Å². The van der Waals surface area contributed by atoms with Crippen LogP contribution in [0.2, 0.25) is 5.02 Å². The first-order valence-electron chi connectivity index (χ1n) is 3.91. The molecule has 1 aromatic carbocycles. The third-order valence-electron chi connectivity index (χ3n) is 1.72. The van der Waals surface area contributed by atoms with E-state index in [2.05, 4.69) is 0 Å². The van der Waals surface area contributed by atoms with Crippen LogP contribution in [-0.4, -0.2) is 18.1 Å². The van der Waals surface area contributed by atoms with Crippen molar-refractivity contribution < 1.29 is 9.84 Å². The summed E-state index contributed by atoms with van der Waals surface area (Å²) < 4.78 is 4.91. The molecule has 0 unspecified atom stereocenters. The Bertz CT molecular complexity index is 366. The van der Waals surface area contributed by atoms with Crippen LogP contribution in [0.4, 0.5) is 0 Å². The first-order valence-corrected chi connectivity index (χ1v) is 4.28. The van der Waals surface area contributed by atoms with Crippen LogP contribution in [0.5, 0.6) is 5.75 Å². The van der Waals surface area contributed by atoms with Crippen molar-refractivity contribution in [3.63, 3.8) is 0 Å². The minimum Gasteiger partial charge on any atom is -0.506 e. The fourth-order valence-electron chi connectivity index (χ4n) is 1.11. The standard InChI is InChI=1S/C9H11ClN2O2/c1-14-4-5-2-6(9(11)12)8(13)7(10)3-5/h2-3,13H,4H2,1H3,(H3,11,12). The fourth-order valence-corrected chi connectivity index (χ4v) is 1.35. The molecular formula is C9H11ClN2O2. The summed E-state index contributed by atoms with van der Waals surface area (Å²) in [6.45, 7) is 0.361. The number of amidine groups is 1. The third-order valence-corrected chi connectivity index (χ3v) is 2.01. The zero-order valence-electron chi connectivity index (χ0n) is 7.67. The summed E-state index contributed by atoms with van der Waals surface area (Å²) in [7, 11) is 1.55. The number of phenols is 1. The number of phenolic OH excluding ortho intramolecular Hbond substituents is 1. The Morgan fingerprint density at radius 1 is 1.64 bits per heavy atom. The Kier molecular flexibility index (Phi) is 3.33. The van der Waals surface area contributed by atoms with Crippen LogP contribution < -0.4 is 5.73 Å². The van der Waals surface area contributed by atoms with Gasteiger partial charge in [0.2, 0.25) is 0 Å². The van der Waals surface area contributed by atoms with E-state index in [1.165, 1.54) is 0 Å². The van der Waals surface area contributed by atoms with Gasteiger partial charge in [-0.25, -0.2) is 0 Å². The number of hydrogen-bond acceptors (Lipinski definition) is 3. The monoisotopic (exact) mass is 214 g/mol. The van der Waals surface area contributed by atoms with Crippen LogP contribution in [-0.2, 0) is 11.3 Å². The normalized spacial score (nSPS) is 10.1. The average Bonchev–Trinajstić information content (AvgIpc) is 2.11. The average molecular weight is 215 g/mol. The molecule has 0 aromatic heterocycles. The number of ether oxygens (including phenoxy) is 1. The molecule has 1 rings (SSSR count). The first-order chi connectivity index (χ1) is 6.56. The van der Waals surface area contributed by atoms with Gasteiger partial charge in [-0.05, 0) is 17.7 Å². The number of aromatic hydroxyl groups is 1. The number of nitrogens with one attached hydrogen (secondary N) is 1. The molecule has 14 heavy (non-hydrogen) atoms. The summed E-state index contributed by atoms with van der Waals surface area (Å²) in [6, 6.07) is 3.15. The Morgan fingerprint density at radius 3 is 2.79 bits per heavy atom. The van der Waals surface area contributed by atoms with Crippen LogP contribution in [0.3, 0.4) is 0 Å². The highest BCUT2D eigenvalue weighted by Gasteiger charge is 2.10. The second-order valence-corrected chi connectivity index (χ2v) is 3.23. The van der Waals surface area contributed by atoms with Gasteiger partial charge in [-0.15, -0.1) is 0 Å². The van der Waals surface area contributed by atoms with Gasteiger partial charge in [0.15, 0.2) is 0 Å². The maximum atomic E-state index is 9.47. The highest BCUT2D eigenvalue weighted by molar-refractivity contribution is 6.32. The molecule has 0 atom stereocenters. The van der Waals surface area contributed by atoms with Gasteiger partial charge >= 0.3 is 0 Å². The quantitative estimate of drug-likeness (QED) is 0.527. The van der Waals surface area contributed by atoms with Crippen molar-refractivity contribution in [2.75, 3.05) is 7.11 Å². The molecule has 5 heteroatoms. The summed E-state index contributed by atoms with van der Waals surface area (Å²) in [5.41, 5.74) is 6.26. The molecule has 0 bridgehead atoms. The number of rotatable bonds is 3. The number of halogens is 1. The Hall–Kier alpha value is -1.26. The Morgan fingerprint density at radius 2 is 2.29 bits per heavy atom. The zero-order valence-corrected chi connectivity index (χ0v) is 8.43. The van der Waals surface area contributed by atoms with Gasteiger partial charge in [0.25, 0.3) is 0 Å². The van der Waals surface area contributed by atoms with Crippen molar-refractivity contribution in [1.82, 2.24) is 0 Å². The van der Waals surface area contributed by atoms with Crippen molar-refractivity contribution in [2.45, 2.75) is 6.61 Å². The van der Waals surface area contributed by atoms with E-state index in [1.807, 2.05) is 0 Å². The predicted molar refractivity (Wildman–Crippen MR) is 54.8 cm³/mol. The number of methoxy groups -OCH3 is 1. The number of benzene rings is 1. The van der Waals surface area contributed by atoms with E-state index in [0.29, 0.717) is 6.61 Å². The van der Waals surface area contributed by atoms with Crippen molar-refractivity contribution in [3.8, 4) is 5.75 Å². The SMILES string of the molecule is COCc1cc(Cl)c(O)c(C(=N)N)c1. The van der Waals surface area contributed by atoms with Crippen LogP contribution in [0.1, 0.15) is 11.1 Å². The lowest BCUT2D eigenvalue weighted by Crippen LogP contribution is -2.12. The molecule has 0 amide bonds. The zero-order chi connectivity index (χ0) is 10.7. The Labute approximate surface area is 86.8 Å². The highest BCUT2D eigenvalue weighted by atomic mass is 35.5. The lowest BCUT2D eigenvalue weighted by Gasteiger charge is -2.07. The van der Waals surface area contributed by atoms with Gasteiger partial charge in [0, 0.05) is 7.11 Å². The minimum atomic E-state index is -0.220. The van der Waals surface area contributed by atoms with Crippen LogP contribution in [0.25, 0.3) is 0 Å². The van der Waals surface area contributed by atoms with Gasteiger partial charge in [-0.3, -0.25) is 5.41 Å². The summed E-state index contributed by atoms with van der Waals surface area (Å²) in [5.74, 6) is -0.388. The summed E-state index contributed by atoms with van der Waals surface area (Å²) >= 11 is 5.74.